The molecule has 0 atom stereocenters. The number of nitrogens with one attached hydrogen (secondary N) is 1. The van der Waals surface area contributed by atoms with Gasteiger partial charge in [-0.25, -0.2) is 9.78 Å². The highest BCUT2D eigenvalue weighted by molar-refractivity contribution is 8.93. The van der Waals surface area contributed by atoms with E-state index in [1.165, 1.54) is 0 Å². The molecule has 1 aromatic carbocycles. The Kier molecular flexibility index (Phi) is 6.90. The van der Waals surface area contributed by atoms with Crippen molar-refractivity contribution in [1.29, 1.82) is 5.41 Å². The van der Waals surface area contributed by atoms with Crippen molar-refractivity contribution in [2.45, 2.75) is 70.9 Å². The first-order valence-electron chi connectivity index (χ1n) is 12.6. The van der Waals surface area contributed by atoms with Gasteiger partial charge in [-0.3, -0.25) is 10.2 Å². The Labute approximate surface area is 228 Å². The first-order valence-corrected chi connectivity index (χ1v) is 12.6. The molecule has 3 aliphatic rings. The van der Waals surface area contributed by atoms with E-state index in [9.17, 15) is 14.7 Å². The number of carboxylic acid groups (broad SMARTS) is 1. The first kappa shape index (κ1) is 27.1. The number of nitrogens with zero attached hydrogens (tertiary/aromatic N) is 3. The standard InChI is InChI=1S/C28H34N4O4.BrH/c1-27(2,3)19-12-18(13-21-24(19)36-11-10-32(21)28(4,5)26(34)35)22(33)15-31-14-17-8-9-20(16-6-7-16)30-23(17)25(31)29;/h8-9,12-13,16,29H,6-7,10-11,14-15H2,1-5H3,(H,34,35);1H. The molecule has 0 bridgehead atoms. The predicted octanol–water partition coefficient (Wildman–Crippen LogP) is 4.92. The number of hydrogen-bond acceptors (Lipinski definition) is 6. The summed E-state index contributed by atoms with van der Waals surface area (Å²) in [6.07, 6.45) is 2.30. The molecule has 198 valence electrons. The van der Waals surface area contributed by atoms with Crippen molar-refractivity contribution in [2.75, 3.05) is 24.6 Å². The molecule has 1 fully saturated rings. The van der Waals surface area contributed by atoms with Gasteiger partial charge < -0.3 is 19.6 Å². The molecule has 0 spiro atoms. The summed E-state index contributed by atoms with van der Waals surface area (Å²) < 4.78 is 6.05. The lowest BCUT2D eigenvalue weighted by Crippen LogP contribution is -2.53. The summed E-state index contributed by atoms with van der Waals surface area (Å²) in [5, 5.41) is 18.6. The van der Waals surface area contributed by atoms with Crippen LogP contribution in [0.25, 0.3) is 0 Å². The van der Waals surface area contributed by atoms with Gasteiger partial charge in [0, 0.05) is 34.8 Å². The minimum Gasteiger partial charge on any atom is -0.489 e. The van der Waals surface area contributed by atoms with Crippen LogP contribution in [0.15, 0.2) is 24.3 Å². The van der Waals surface area contributed by atoms with Crippen LogP contribution in [-0.2, 0) is 16.8 Å². The zero-order valence-electron chi connectivity index (χ0n) is 22.1. The van der Waals surface area contributed by atoms with Gasteiger partial charge in [-0.1, -0.05) is 26.8 Å². The monoisotopic (exact) mass is 570 g/mol. The van der Waals surface area contributed by atoms with Crippen molar-refractivity contribution < 1.29 is 19.4 Å². The highest BCUT2D eigenvalue weighted by Crippen LogP contribution is 2.44. The molecule has 9 heteroatoms. The molecule has 3 heterocycles. The van der Waals surface area contributed by atoms with Crippen molar-refractivity contribution >= 4 is 40.3 Å². The maximum atomic E-state index is 13.6. The molecule has 37 heavy (non-hydrogen) atoms. The molecule has 1 aromatic heterocycles. The molecule has 2 aliphatic heterocycles. The van der Waals surface area contributed by atoms with E-state index in [0.717, 1.165) is 29.7 Å². The zero-order chi connectivity index (χ0) is 26.0. The SMILES string of the molecule is Br.CC(C)(C)c1cc(C(=O)CN2Cc3ccc(C4CC4)nc3C2=N)cc2c1OCCN2C(C)(C)C(=O)O. The Morgan fingerprint density at radius 2 is 1.86 bits per heavy atom. The normalized spacial score (nSPS) is 17.1. The van der Waals surface area contributed by atoms with Crippen LogP contribution in [0.3, 0.4) is 0 Å². The highest BCUT2D eigenvalue weighted by Gasteiger charge is 2.40. The second-order valence-electron chi connectivity index (χ2n) is 11.6. The van der Waals surface area contributed by atoms with E-state index >= 15 is 0 Å². The molecule has 1 saturated carbocycles. The number of halogens is 1. The summed E-state index contributed by atoms with van der Waals surface area (Å²) in [6, 6.07) is 7.71. The summed E-state index contributed by atoms with van der Waals surface area (Å²) in [7, 11) is 0. The zero-order valence-corrected chi connectivity index (χ0v) is 23.8. The van der Waals surface area contributed by atoms with Gasteiger partial charge in [0.1, 0.15) is 29.4 Å². The van der Waals surface area contributed by atoms with Crippen molar-refractivity contribution in [3.8, 4) is 5.75 Å². The number of ketones is 1. The smallest absolute Gasteiger partial charge is 0.328 e. The molecule has 0 unspecified atom stereocenters. The number of anilines is 1. The quantitative estimate of drug-likeness (QED) is 0.474. The third-order valence-corrected chi connectivity index (χ3v) is 7.48. The van der Waals surface area contributed by atoms with Crippen molar-refractivity contribution in [3.05, 3.63) is 52.3 Å². The van der Waals surface area contributed by atoms with E-state index in [1.807, 2.05) is 23.1 Å². The number of fused-ring (bicyclic) bond motifs is 2. The van der Waals surface area contributed by atoms with E-state index < -0.39 is 11.5 Å². The molecular weight excluding hydrogens is 536 g/mol. The number of aromatic nitrogens is 1. The number of aliphatic carboxylic acids is 1. The van der Waals surface area contributed by atoms with Gasteiger partial charge in [-0.2, -0.15) is 0 Å². The van der Waals surface area contributed by atoms with Gasteiger partial charge in [0.15, 0.2) is 5.78 Å². The second kappa shape index (κ2) is 9.42. The number of benzene rings is 1. The minimum atomic E-state index is -1.17. The van der Waals surface area contributed by atoms with E-state index in [-0.39, 0.29) is 40.6 Å². The van der Waals surface area contributed by atoms with Gasteiger partial charge in [-0.15, -0.1) is 17.0 Å². The highest BCUT2D eigenvalue weighted by atomic mass is 79.9. The Bertz CT molecular complexity index is 1280. The van der Waals surface area contributed by atoms with Gasteiger partial charge in [-0.05, 0) is 50.3 Å². The van der Waals surface area contributed by atoms with Gasteiger partial charge in [0.2, 0.25) is 0 Å². The van der Waals surface area contributed by atoms with E-state index in [2.05, 4.69) is 20.8 Å². The molecule has 0 saturated heterocycles. The Hall–Kier alpha value is -2.94. The maximum absolute atomic E-state index is 13.6. The Morgan fingerprint density at radius 1 is 1.16 bits per heavy atom. The van der Waals surface area contributed by atoms with E-state index in [4.69, 9.17) is 15.1 Å². The molecule has 8 nitrogen and oxygen atoms in total. The van der Waals surface area contributed by atoms with Crippen LogP contribution in [0, 0.1) is 5.41 Å². The van der Waals surface area contributed by atoms with Crippen molar-refractivity contribution in [3.63, 3.8) is 0 Å². The number of rotatable bonds is 6. The number of carboxylic acids is 1. The van der Waals surface area contributed by atoms with Crippen LogP contribution < -0.4 is 9.64 Å². The average Bonchev–Trinajstić information content (AvgIpc) is 3.62. The molecule has 2 N–H and O–H groups in total. The largest absolute Gasteiger partial charge is 0.489 e. The topological polar surface area (TPSA) is 107 Å². The summed E-state index contributed by atoms with van der Waals surface area (Å²) in [5.74, 6) is 0.363. The lowest BCUT2D eigenvalue weighted by molar-refractivity contribution is -0.142. The number of hydrogen-bond donors (Lipinski definition) is 2. The summed E-state index contributed by atoms with van der Waals surface area (Å²) >= 11 is 0. The van der Waals surface area contributed by atoms with Crippen LogP contribution in [-0.4, -0.2) is 57.8 Å². The van der Waals surface area contributed by atoms with Gasteiger partial charge >= 0.3 is 5.97 Å². The van der Waals surface area contributed by atoms with Crippen LogP contribution in [0.1, 0.15) is 86.3 Å². The van der Waals surface area contributed by atoms with Crippen molar-refractivity contribution in [1.82, 2.24) is 9.88 Å². The third-order valence-electron chi connectivity index (χ3n) is 7.48. The molecule has 2 aromatic rings. The fraction of sp³-hybridized carbons (Fsp3) is 0.500. The maximum Gasteiger partial charge on any atom is 0.328 e. The average molecular weight is 572 g/mol. The van der Waals surface area contributed by atoms with Crippen LogP contribution in [0.2, 0.25) is 0 Å². The number of ether oxygens (including phenoxy) is 1. The Balaban J connectivity index is 0.00000320. The number of amidine groups is 1. The molecule has 0 radical (unpaired) electrons. The Morgan fingerprint density at radius 3 is 2.49 bits per heavy atom. The van der Waals surface area contributed by atoms with E-state index in [0.29, 0.717) is 48.3 Å². The molecular formula is C28H35BrN4O4. The second-order valence-corrected chi connectivity index (χ2v) is 11.6. The lowest BCUT2D eigenvalue weighted by atomic mass is 9.83. The van der Waals surface area contributed by atoms with Crippen LogP contribution >= 0.6 is 17.0 Å². The van der Waals surface area contributed by atoms with Gasteiger partial charge in [0.25, 0.3) is 0 Å². The molecule has 0 amide bonds. The minimum absolute atomic E-state index is 0. The summed E-state index contributed by atoms with van der Waals surface area (Å²) in [5.41, 5.74) is 3.18. The lowest BCUT2D eigenvalue weighted by Gasteiger charge is -2.42. The molecule has 1 aliphatic carbocycles. The third kappa shape index (κ3) is 4.85. The number of carbonyl (C=O) groups is 2. The summed E-state index contributed by atoms with van der Waals surface area (Å²) in [4.78, 5) is 34.0. The van der Waals surface area contributed by atoms with Crippen LogP contribution in [0.5, 0.6) is 5.75 Å². The van der Waals surface area contributed by atoms with Crippen LogP contribution in [0.4, 0.5) is 5.69 Å². The summed E-state index contributed by atoms with van der Waals surface area (Å²) in [6.45, 7) is 10.8. The number of pyridine rings is 1. The molecule has 5 rings (SSSR count). The van der Waals surface area contributed by atoms with E-state index in [1.54, 1.807) is 24.8 Å². The number of carbonyl (C=O) groups excluding carboxylic acids is 1. The fourth-order valence-corrected chi connectivity index (χ4v) is 5.02. The fourth-order valence-electron chi connectivity index (χ4n) is 5.02. The number of Topliss-reactive ketones (excluding diaryl/α,β-unsaturated/α-hetero) is 1. The van der Waals surface area contributed by atoms with Gasteiger partial charge in [0.05, 0.1) is 18.8 Å². The first-order chi connectivity index (χ1) is 16.9. The van der Waals surface area contributed by atoms with Crippen molar-refractivity contribution in [2.24, 2.45) is 0 Å². The predicted molar refractivity (Wildman–Crippen MR) is 148 cm³/mol.